The Labute approximate surface area is 111 Å². The molecule has 3 N–H and O–H groups in total. The molecule has 0 amide bonds. The summed E-state index contributed by atoms with van der Waals surface area (Å²) in [6.07, 6.45) is 2.77. The van der Waals surface area contributed by atoms with Gasteiger partial charge in [0.1, 0.15) is 5.82 Å². The Morgan fingerprint density at radius 3 is 3.26 bits per heavy atom. The van der Waals surface area contributed by atoms with Gasteiger partial charge in [-0.3, -0.25) is 0 Å². The molecule has 19 heavy (non-hydrogen) atoms. The molecule has 2 heterocycles. The second-order valence-corrected chi connectivity index (χ2v) is 4.96. The van der Waals surface area contributed by atoms with Crippen molar-refractivity contribution in [3.63, 3.8) is 0 Å². The lowest BCUT2D eigenvalue weighted by atomic mass is 9.72. The van der Waals surface area contributed by atoms with Gasteiger partial charge in [-0.2, -0.15) is 0 Å². The Balaban J connectivity index is 1.72. The van der Waals surface area contributed by atoms with Crippen molar-refractivity contribution in [3.8, 4) is 0 Å². The summed E-state index contributed by atoms with van der Waals surface area (Å²) in [6, 6.07) is 3.43. The minimum atomic E-state index is -0.377. The van der Waals surface area contributed by atoms with Crippen LogP contribution < -0.4 is 11.1 Å². The fraction of sp³-hybridized carbons (Fsp3) is 0.538. The van der Waals surface area contributed by atoms with Crippen molar-refractivity contribution in [2.75, 3.05) is 19.0 Å². The van der Waals surface area contributed by atoms with Gasteiger partial charge in [-0.1, -0.05) is 0 Å². The van der Waals surface area contributed by atoms with Crippen LogP contribution in [0.2, 0.25) is 0 Å². The first-order valence-corrected chi connectivity index (χ1v) is 6.39. The first-order valence-electron chi connectivity index (χ1n) is 6.39. The van der Waals surface area contributed by atoms with E-state index in [-0.39, 0.29) is 24.2 Å². The number of ether oxygens (including phenoxy) is 2. The first-order chi connectivity index (χ1) is 9.20. The van der Waals surface area contributed by atoms with Gasteiger partial charge in [0.2, 0.25) is 0 Å². The lowest BCUT2D eigenvalue weighted by molar-refractivity contribution is 0.00524. The van der Waals surface area contributed by atoms with Crippen LogP contribution in [0.25, 0.3) is 0 Å². The lowest BCUT2D eigenvalue weighted by Crippen LogP contribution is -2.65. The van der Waals surface area contributed by atoms with E-state index in [1.165, 1.54) is 7.11 Å². The van der Waals surface area contributed by atoms with Crippen LogP contribution in [0.1, 0.15) is 16.8 Å². The Hall–Kier alpha value is -1.66. The molecule has 1 saturated heterocycles. The predicted molar refractivity (Wildman–Crippen MR) is 68.8 cm³/mol. The second-order valence-electron chi connectivity index (χ2n) is 4.96. The van der Waals surface area contributed by atoms with Crippen LogP contribution >= 0.6 is 0 Å². The SMILES string of the molecule is COC(=O)c1ccnc(NC2C(N)C3CCOC32)c1. The quantitative estimate of drug-likeness (QED) is 0.767. The number of fused-ring (bicyclic) bond motifs is 1. The lowest BCUT2D eigenvalue weighted by Gasteiger charge is -2.45. The van der Waals surface area contributed by atoms with Crippen molar-refractivity contribution in [3.05, 3.63) is 23.9 Å². The van der Waals surface area contributed by atoms with Gasteiger partial charge in [0.05, 0.1) is 24.8 Å². The third kappa shape index (κ3) is 2.06. The average molecular weight is 263 g/mol. The molecule has 102 valence electrons. The maximum Gasteiger partial charge on any atom is 0.338 e. The summed E-state index contributed by atoms with van der Waals surface area (Å²) < 4.78 is 10.3. The molecule has 1 aliphatic heterocycles. The van der Waals surface area contributed by atoms with Gasteiger partial charge >= 0.3 is 5.97 Å². The maximum atomic E-state index is 11.5. The number of aromatic nitrogens is 1. The third-order valence-electron chi connectivity index (χ3n) is 3.94. The van der Waals surface area contributed by atoms with Gasteiger partial charge in [-0.25, -0.2) is 9.78 Å². The Kier molecular flexibility index (Phi) is 3.12. The van der Waals surface area contributed by atoms with E-state index in [0.29, 0.717) is 17.3 Å². The normalized spacial score (nSPS) is 32.3. The molecule has 1 aromatic rings. The van der Waals surface area contributed by atoms with E-state index in [2.05, 4.69) is 15.0 Å². The molecule has 1 saturated carbocycles. The molecule has 4 atom stereocenters. The van der Waals surface area contributed by atoms with E-state index in [1.54, 1.807) is 18.3 Å². The van der Waals surface area contributed by atoms with E-state index in [0.717, 1.165) is 13.0 Å². The van der Waals surface area contributed by atoms with Crippen LogP contribution in [0, 0.1) is 5.92 Å². The minimum absolute atomic E-state index is 0.0629. The number of carbonyl (C=O) groups excluding carboxylic acids is 1. The van der Waals surface area contributed by atoms with Crippen molar-refractivity contribution in [2.24, 2.45) is 11.7 Å². The summed E-state index contributed by atoms with van der Waals surface area (Å²) in [5, 5.41) is 3.25. The van der Waals surface area contributed by atoms with Gasteiger partial charge in [-0.15, -0.1) is 0 Å². The van der Waals surface area contributed by atoms with E-state index < -0.39 is 0 Å². The number of nitrogens with two attached hydrogens (primary N) is 1. The van der Waals surface area contributed by atoms with Crippen LogP contribution in [-0.2, 0) is 9.47 Å². The summed E-state index contributed by atoms with van der Waals surface area (Å²) in [6.45, 7) is 0.775. The van der Waals surface area contributed by atoms with E-state index >= 15 is 0 Å². The fourth-order valence-electron chi connectivity index (χ4n) is 2.85. The molecule has 2 fully saturated rings. The zero-order valence-electron chi connectivity index (χ0n) is 10.7. The van der Waals surface area contributed by atoms with Crippen molar-refractivity contribution in [1.29, 1.82) is 0 Å². The molecule has 0 radical (unpaired) electrons. The molecule has 1 aromatic heterocycles. The summed E-state index contributed by atoms with van der Waals surface area (Å²) >= 11 is 0. The zero-order valence-corrected chi connectivity index (χ0v) is 10.7. The highest BCUT2D eigenvalue weighted by Crippen LogP contribution is 2.39. The first kappa shape index (κ1) is 12.4. The van der Waals surface area contributed by atoms with Crippen molar-refractivity contribution >= 4 is 11.8 Å². The molecule has 6 heteroatoms. The molecule has 2 aliphatic rings. The Morgan fingerprint density at radius 2 is 2.47 bits per heavy atom. The van der Waals surface area contributed by atoms with E-state index in [1.807, 2.05) is 0 Å². The standard InChI is InChI=1S/C13H17N3O3/c1-18-13(17)7-2-4-15-9(6-7)16-11-10(14)8-3-5-19-12(8)11/h2,4,6,8,10-12H,3,5,14H2,1H3,(H,15,16). The molecule has 0 spiro atoms. The summed E-state index contributed by atoms with van der Waals surface area (Å²) in [4.78, 5) is 15.7. The number of methoxy groups -OCH3 is 1. The van der Waals surface area contributed by atoms with E-state index in [9.17, 15) is 4.79 Å². The monoisotopic (exact) mass is 263 g/mol. The number of hydrogen-bond acceptors (Lipinski definition) is 6. The average Bonchev–Trinajstić information content (AvgIpc) is 2.89. The molecular weight excluding hydrogens is 246 g/mol. The van der Waals surface area contributed by atoms with Gasteiger partial charge in [-0.05, 0) is 18.6 Å². The fourth-order valence-corrected chi connectivity index (χ4v) is 2.85. The summed E-state index contributed by atoms with van der Waals surface area (Å²) in [7, 11) is 1.36. The molecule has 3 rings (SSSR count). The van der Waals surface area contributed by atoms with Crippen molar-refractivity contribution in [1.82, 2.24) is 4.98 Å². The largest absolute Gasteiger partial charge is 0.465 e. The number of nitrogens with one attached hydrogen (secondary N) is 1. The molecule has 0 aromatic carbocycles. The smallest absolute Gasteiger partial charge is 0.338 e. The number of rotatable bonds is 3. The van der Waals surface area contributed by atoms with Crippen molar-refractivity contribution in [2.45, 2.75) is 24.6 Å². The maximum absolute atomic E-state index is 11.5. The number of esters is 1. The molecule has 1 aliphatic carbocycles. The highest BCUT2D eigenvalue weighted by molar-refractivity contribution is 5.90. The molecule has 0 bridgehead atoms. The Bertz CT molecular complexity index is 494. The van der Waals surface area contributed by atoms with Crippen LogP contribution in [-0.4, -0.2) is 42.9 Å². The zero-order chi connectivity index (χ0) is 13.4. The number of carbonyl (C=O) groups is 1. The van der Waals surface area contributed by atoms with E-state index in [4.69, 9.17) is 10.5 Å². The van der Waals surface area contributed by atoms with Crippen LogP contribution in [0.15, 0.2) is 18.3 Å². The van der Waals surface area contributed by atoms with Crippen LogP contribution in [0.4, 0.5) is 5.82 Å². The topological polar surface area (TPSA) is 86.5 Å². The predicted octanol–water partition coefficient (Wildman–Crippen LogP) is 0.395. The number of anilines is 1. The van der Waals surface area contributed by atoms with Gasteiger partial charge < -0.3 is 20.5 Å². The highest BCUT2D eigenvalue weighted by Gasteiger charge is 2.52. The summed E-state index contributed by atoms with van der Waals surface area (Å²) in [5.74, 6) is 0.692. The Morgan fingerprint density at radius 1 is 1.63 bits per heavy atom. The van der Waals surface area contributed by atoms with Gasteiger partial charge in [0.25, 0.3) is 0 Å². The molecule has 6 nitrogen and oxygen atoms in total. The van der Waals surface area contributed by atoms with Gasteiger partial charge in [0, 0.05) is 24.8 Å². The second kappa shape index (κ2) is 4.79. The van der Waals surface area contributed by atoms with Gasteiger partial charge in [0.15, 0.2) is 0 Å². The van der Waals surface area contributed by atoms with Crippen molar-refractivity contribution < 1.29 is 14.3 Å². The number of pyridine rings is 1. The van der Waals surface area contributed by atoms with Crippen LogP contribution in [0.5, 0.6) is 0 Å². The summed E-state index contributed by atoms with van der Waals surface area (Å²) in [5.41, 5.74) is 6.59. The number of hydrogen-bond donors (Lipinski definition) is 2. The number of nitrogens with zero attached hydrogens (tertiary/aromatic N) is 1. The highest BCUT2D eigenvalue weighted by atomic mass is 16.5. The molecular formula is C13H17N3O3. The molecule has 4 unspecified atom stereocenters. The minimum Gasteiger partial charge on any atom is -0.465 e. The third-order valence-corrected chi connectivity index (χ3v) is 3.94. The van der Waals surface area contributed by atoms with Crippen LogP contribution in [0.3, 0.4) is 0 Å².